The van der Waals surface area contributed by atoms with E-state index in [1.807, 2.05) is 26.8 Å². The molecule has 0 bridgehead atoms. The molecule has 1 aliphatic heterocycles. The molecule has 0 N–H and O–H groups in total. The summed E-state index contributed by atoms with van der Waals surface area (Å²) in [7, 11) is 0. The van der Waals surface area contributed by atoms with E-state index in [1.54, 1.807) is 0 Å². The van der Waals surface area contributed by atoms with E-state index in [4.69, 9.17) is 9.47 Å². The zero-order valence-corrected chi connectivity index (χ0v) is 13.2. The molecule has 1 aromatic carbocycles. The summed E-state index contributed by atoms with van der Waals surface area (Å²) in [6, 6.07) is 6.13. The van der Waals surface area contributed by atoms with Crippen LogP contribution in [0.3, 0.4) is 0 Å². The molecule has 4 heteroatoms. The van der Waals surface area contributed by atoms with Crippen LogP contribution in [0.1, 0.15) is 38.3 Å². The molecule has 0 spiro atoms. The zero-order valence-electron chi connectivity index (χ0n) is 13.2. The van der Waals surface area contributed by atoms with Gasteiger partial charge in [0.25, 0.3) is 0 Å². The molecule has 0 amide bonds. The third-order valence-electron chi connectivity index (χ3n) is 3.92. The molecule has 0 saturated carbocycles. The predicted molar refractivity (Wildman–Crippen MR) is 82.4 cm³/mol. The maximum absolute atomic E-state index is 12.1. The average Bonchev–Trinajstić information content (AvgIpc) is 2.48. The Bertz CT molecular complexity index is 487. The van der Waals surface area contributed by atoms with Crippen LogP contribution in [-0.2, 0) is 22.5 Å². The first-order chi connectivity index (χ1) is 10.2. The molecular weight excluding hydrogens is 266 g/mol. The van der Waals surface area contributed by atoms with Gasteiger partial charge in [0.15, 0.2) is 0 Å². The lowest BCUT2D eigenvalue weighted by atomic mass is 9.97. The molecule has 116 valence electrons. The number of benzene rings is 1. The van der Waals surface area contributed by atoms with Crippen LogP contribution >= 0.6 is 0 Å². The van der Waals surface area contributed by atoms with Crippen molar-refractivity contribution in [3.63, 3.8) is 0 Å². The Labute approximate surface area is 127 Å². The van der Waals surface area contributed by atoms with Crippen LogP contribution in [0.4, 0.5) is 0 Å². The highest BCUT2D eigenvalue weighted by atomic mass is 16.5. The van der Waals surface area contributed by atoms with Gasteiger partial charge < -0.3 is 9.47 Å². The predicted octanol–water partition coefficient (Wildman–Crippen LogP) is 2.79. The summed E-state index contributed by atoms with van der Waals surface area (Å²) in [6.07, 6.45) is 1.75. The van der Waals surface area contributed by atoms with Gasteiger partial charge in [0.2, 0.25) is 0 Å². The van der Waals surface area contributed by atoms with Crippen molar-refractivity contribution in [1.82, 2.24) is 4.90 Å². The molecule has 0 aliphatic carbocycles. The number of nitrogens with zero attached hydrogens (tertiary/aromatic N) is 1. The molecule has 1 heterocycles. The maximum atomic E-state index is 12.1. The third-order valence-corrected chi connectivity index (χ3v) is 3.92. The second-order valence-corrected chi connectivity index (χ2v) is 5.26. The largest absolute Gasteiger partial charge is 0.494 e. The van der Waals surface area contributed by atoms with E-state index in [9.17, 15) is 4.79 Å². The van der Waals surface area contributed by atoms with Crippen LogP contribution in [0.25, 0.3) is 0 Å². The van der Waals surface area contributed by atoms with Gasteiger partial charge >= 0.3 is 5.97 Å². The Morgan fingerprint density at radius 2 is 2.05 bits per heavy atom. The van der Waals surface area contributed by atoms with E-state index < -0.39 is 0 Å². The van der Waals surface area contributed by atoms with Crippen molar-refractivity contribution in [2.75, 3.05) is 19.8 Å². The van der Waals surface area contributed by atoms with Gasteiger partial charge in [0, 0.05) is 13.1 Å². The maximum Gasteiger partial charge on any atom is 0.323 e. The van der Waals surface area contributed by atoms with Crippen molar-refractivity contribution in [2.45, 2.75) is 46.2 Å². The van der Waals surface area contributed by atoms with Gasteiger partial charge in [-0.1, -0.05) is 13.0 Å². The number of esters is 1. The highest BCUT2D eigenvalue weighted by Gasteiger charge is 2.28. The first-order valence-corrected chi connectivity index (χ1v) is 7.84. The Morgan fingerprint density at radius 3 is 2.71 bits per heavy atom. The number of hydrogen-bond donors (Lipinski definition) is 0. The van der Waals surface area contributed by atoms with Crippen molar-refractivity contribution in [1.29, 1.82) is 0 Å². The van der Waals surface area contributed by atoms with Crippen LogP contribution in [0.2, 0.25) is 0 Å². The van der Waals surface area contributed by atoms with Crippen LogP contribution in [0, 0.1) is 0 Å². The van der Waals surface area contributed by atoms with Crippen molar-refractivity contribution >= 4 is 5.97 Å². The minimum Gasteiger partial charge on any atom is -0.494 e. The van der Waals surface area contributed by atoms with E-state index in [-0.39, 0.29) is 12.0 Å². The summed E-state index contributed by atoms with van der Waals surface area (Å²) < 4.78 is 10.8. The third kappa shape index (κ3) is 3.76. The van der Waals surface area contributed by atoms with Gasteiger partial charge in [-0.15, -0.1) is 0 Å². The Kier molecular flexibility index (Phi) is 5.62. The van der Waals surface area contributed by atoms with Crippen molar-refractivity contribution in [2.24, 2.45) is 0 Å². The lowest BCUT2D eigenvalue weighted by molar-refractivity contribution is -0.150. The van der Waals surface area contributed by atoms with Crippen molar-refractivity contribution < 1.29 is 14.3 Å². The summed E-state index contributed by atoms with van der Waals surface area (Å²) in [6.45, 7) is 8.67. The number of carbonyl (C=O) groups excluding carboxylic acids is 1. The van der Waals surface area contributed by atoms with Crippen LogP contribution in [0.5, 0.6) is 5.75 Å². The Hall–Kier alpha value is -1.55. The van der Waals surface area contributed by atoms with Crippen LogP contribution in [-0.4, -0.2) is 36.7 Å². The minimum atomic E-state index is -0.145. The SMILES string of the molecule is CCOC(=O)C(CC)N1CCc2ccc(OCC)cc2C1. The molecule has 2 rings (SSSR count). The molecule has 21 heavy (non-hydrogen) atoms. The second kappa shape index (κ2) is 7.46. The lowest BCUT2D eigenvalue weighted by Gasteiger charge is -2.33. The number of rotatable bonds is 6. The molecule has 1 aliphatic rings. The van der Waals surface area contributed by atoms with Gasteiger partial charge in [-0.3, -0.25) is 9.69 Å². The van der Waals surface area contributed by atoms with Crippen LogP contribution in [0.15, 0.2) is 18.2 Å². The summed E-state index contributed by atoms with van der Waals surface area (Å²) in [5.74, 6) is 0.798. The quantitative estimate of drug-likeness (QED) is 0.756. The van der Waals surface area contributed by atoms with Crippen LogP contribution < -0.4 is 4.74 Å². The minimum absolute atomic E-state index is 0.107. The van der Waals surface area contributed by atoms with Gasteiger partial charge in [-0.2, -0.15) is 0 Å². The first-order valence-electron chi connectivity index (χ1n) is 7.84. The smallest absolute Gasteiger partial charge is 0.323 e. The monoisotopic (exact) mass is 291 g/mol. The van der Waals surface area contributed by atoms with E-state index >= 15 is 0 Å². The highest BCUT2D eigenvalue weighted by Crippen LogP contribution is 2.26. The van der Waals surface area contributed by atoms with Gasteiger partial charge in [0.1, 0.15) is 11.8 Å². The first kappa shape index (κ1) is 15.8. The van der Waals surface area contributed by atoms with Crippen molar-refractivity contribution in [3.8, 4) is 5.75 Å². The number of carbonyl (C=O) groups is 1. The summed E-state index contributed by atoms with van der Waals surface area (Å²) in [5.41, 5.74) is 2.61. The molecule has 0 aromatic heterocycles. The van der Waals surface area contributed by atoms with Gasteiger partial charge in [0.05, 0.1) is 13.2 Å². The van der Waals surface area contributed by atoms with Gasteiger partial charge in [-0.05, 0) is 49.9 Å². The zero-order chi connectivity index (χ0) is 15.2. The molecule has 1 aromatic rings. The number of fused-ring (bicyclic) bond motifs is 1. The van der Waals surface area contributed by atoms with E-state index in [2.05, 4.69) is 17.0 Å². The number of hydrogen-bond acceptors (Lipinski definition) is 4. The topological polar surface area (TPSA) is 38.8 Å². The second-order valence-electron chi connectivity index (χ2n) is 5.26. The highest BCUT2D eigenvalue weighted by molar-refractivity contribution is 5.75. The molecule has 0 fully saturated rings. The molecule has 4 nitrogen and oxygen atoms in total. The van der Waals surface area contributed by atoms with Gasteiger partial charge in [-0.25, -0.2) is 0 Å². The fourth-order valence-electron chi connectivity index (χ4n) is 2.89. The molecule has 0 radical (unpaired) electrons. The lowest BCUT2D eigenvalue weighted by Crippen LogP contribution is -2.44. The van der Waals surface area contributed by atoms with E-state index in [1.165, 1.54) is 11.1 Å². The van der Waals surface area contributed by atoms with E-state index in [0.717, 1.165) is 31.7 Å². The Balaban J connectivity index is 2.12. The Morgan fingerprint density at radius 1 is 1.24 bits per heavy atom. The number of ether oxygens (including phenoxy) is 2. The fourth-order valence-corrected chi connectivity index (χ4v) is 2.89. The van der Waals surface area contributed by atoms with Crippen molar-refractivity contribution in [3.05, 3.63) is 29.3 Å². The normalized spacial score (nSPS) is 16.1. The molecule has 0 saturated heterocycles. The average molecular weight is 291 g/mol. The fraction of sp³-hybridized carbons (Fsp3) is 0.588. The van der Waals surface area contributed by atoms with E-state index in [0.29, 0.717) is 13.2 Å². The molecule has 1 unspecified atom stereocenters. The molecular formula is C17H25NO3. The standard InChI is InChI=1S/C17H25NO3/c1-4-16(17(19)21-6-3)18-10-9-13-7-8-15(20-5-2)11-14(13)12-18/h7-8,11,16H,4-6,9-10,12H2,1-3H3. The summed E-state index contributed by atoms with van der Waals surface area (Å²) >= 11 is 0. The summed E-state index contributed by atoms with van der Waals surface area (Å²) in [4.78, 5) is 14.3. The molecule has 1 atom stereocenters. The summed E-state index contributed by atoms with van der Waals surface area (Å²) in [5, 5.41) is 0.